The van der Waals surface area contributed by atoms with Crippen LogP contribution in [0.4, 0.5) is 0 Å². The Morgan fingerprint density at radius 1 is 1.28 bits per heavy atom. The van der Waals surface area contributed by atoms with E-state index in [4.69, 9.17) is 15.2 Å². The Bertz CT molecular complexity index is 412. The van der Waals surface area contributed by atoms with Crippen molar-refractivity contribution in [1.82, 2.24) is 0 Å². The number of benzene rings is 1. The Hall–Kier alpha value is -1.88. The third-order valence-electron chi connectivity index (χ3n) is 2.21. The van der Waals surface area contributed by atoms with Crippen LogP contribution in [0.1, 0.15) is 24.2 Å². The number of nitrogens with two attached hydrogens (primary N) is 1. The molecule has 1 rings (SSSR count). The van der Waals surface area contributed by atoms with Crippen molar-refractivity contribution in [1.29, 1.82) is 0 Å². The molecular weight excluding hydrogens is 234 g/mol. The van der Waals surface area contributed by atoms with E-state index < -0.39 is 12.0 Å². The van der Waals surface area contributed by atoms with Crippen LogP contribution in [0.2, 0.25) is 0 Å². The van der Waals surface area contributed by atoms with Crippen LogP contribution in [-0.2, 0) is 9.53 Å². The fourth-order valence-corrected chi connectivity index (χ4v) is 1.32. The Balaban J connectivity index is 2.55. The van der Waals surface area contributed by atoms with Gasteiger partial charge in [0.05, 0.1) is 12.6 Å². The van der Waals surface area contributed by atoms with Crippen molar-refractivity contribution in [2.24, 2.45) is 5.73 Å². The Kier molecular flexibility index (Phi) is 5.32. The normalized spacial score (nSPS) is 11.7. The molecule has 5 nitrogen and oxygen atoms in total. The molecule has 0 aliphatic carbocycles. The predicted octanol–water partition coefficient (Wildman–Crippen LogP) is 1.16. The Morgan fingerprint density at radius 2 is 1.89 bits per heavy atom. The van der Waals surface area contributed by atoms with Crippen molar-refractivity contribution in [3.8, 4) is 5.75 Å². The number of carbonyl (C=O) groups excluding carboxylic acids is 2. The van der Waals surface area contributed by atoms with E-state index in [1.807, 2.05) is 0 Å². The van der Waals surface area contributed by atoms with Crippen molar-refractivity contribution < 1.29 is 19.1 Å². The lowest BCUT2D eigenvalue weighted by molar-refractivity contribution is -0.145. The van der Waals surface area contributed by atoms with E-state index in [-0.39, 0.29) is 12.4 Å². The number of carbonyl (C=O) groups is 2. The maximum absolute atomic E-state index is 11.6. The summed E-state index contributed by atoms with van der Waals surface area (Å²) in [6.45, 7) is 3.54. The maximum atomic E-state index is 11.6. The number of esters is 1. The monoisotopic (exact) mass is 251 g/mol. The first kappa shape index (κ1) is 14.2. The SMILES string of the molecule is CCOC(=O)COc1ccc(C(=O)[C@H](C)N)cc1. The van der Waals surface area contributed by atoms with Crippen LogP contribution >= 0.6 is 0 Å². The zero-order valence-electron chi connectivity index (χ0n) is 10.5. The molecule has 0 heterocycles. The first-order chi connectivity index (χ1) is 8.54. The van der Waals surface area contributed by atoms with Gasteiger partial charge >= 0.3 is 5.97 Å². The van der Waals surface area contributed by atoms with Crippen LogP contribution in [-0.4, -0.2) is 31.0 Å². The number of ether oxygens (including phenoxy) is 2. The zero-order valence-corrected chi connectivity index (χ0v) is 10.5. The zero-order chi connectivity index (χ0) is 13.5. The Morgan fingerprint density at radius 3 is 2.39 bits per heavy atom. The highest BCUT2D eigenvalue weighted by Gasteiger charge is 2.10. The third kappa shape index (κ3) is 4.18. The molecule has 0 amide bonds. The van der Waals surface area contributed by atoms with E-state index in [9.17, 15) is 9.59 Å². The van der Waals surface area contributed by atoms with Crippen molar-refractivity contribution in [3.05, 3.63) is 29.8 Å². The van der Waals surface area contributed by atoms with Crippen LogP contribution in [0.25, 0.3) is 0 Å². The maximum Gasteiger partial charge on any atom is 0.344 e. The van der Waals surface area contributed by atoms with E-state index in [1.54, 1.807) is 38.1 Å². The minimum atomic E-state index is -0.531. The van der Waals surface area contributed by atoms with E-state index >= 15 is 0 Å². The first-order valence-electron chi connectivity index (χ1n) is 5.73. The molecular formula is C13H17NO4. The molecule has 0 bridgehead atoms. The lowest BCUT2D eigenvalue weighted by Crippen LogP contribution is -2.26. The third-order valence-corrected chi connectivity index (χ3v) is 2.21. The molecule has 1 aromatic carbocycles. The Labute approximate surface area is 106 Å². The van der Waals surface area contributed by atoms with Crippen molar-refractivity contribution in [2.45, 2.75) is 19.9 Å². The van der Waals surface area contributed by atoms with E-state index in [0.29, 0.717) is 17.9 Å². The van der Waals surface area contributed by atoms with Crippen molar-refractivity contribution in [3.63, 3.8) is 0 Å². The van der Waals surface area contributed by atoms with Gasteiger partial charge in [0.15, 0.2) is 12.4 Å². The van der Waals surface area contributed by atoms with Crippen LogP contribution in [0.3, 0.4) is 0 Å². The number of hydrogen-bond donors (Lipinski definition) is 1. The van der Waals surface area contributed by atoms with Gasteiger partial charge in [-0.2, -0.15) is 0 Å². The molecule has 0 aliphatic rings. The molecule has 0 radical (unpaired) electrons. The molecule has 18 heavy (non-hydrogen) atoms. The van der Waals surface area contributed by atoms with Gasteiger partial charge in [0.1, 0.15) is 5.75 Å². The van der Waals surface area contributed by atoms with Crippen LogP contribution < -0.4 is 10.5 Å². The molecule has 1 atom stereocenters. The number of ketones is 1. The topological polar surface area (TPSA) is 78.6 Å². The molecule has 0 aromatic heterocycles. The summed E-state index contributed by atoms with van der Waals surface area (Å²) in [5.74, 6) is -0.0514. The number of Topliss-reactive ketones (excluding diaryl/α,β-unsaturated/α-hetero) is 1. The van der Waals surface area contributed by atoms with Gasteiger partial charge in [-0.25, -0.2) is 4.79 Å². The smallest absolute Gasteiger partial charge is 0.344 e. The standard InChI is InChI=1S/C13H17NO4/c1-3-17-12(15)8-18-11-6-4-10(5-7-11)13(16)9(2)14/h4-7,9H,3,8,14H2,1-2H3/t9-/m0/s1. The summed E-state index contributed by atoms with van der Waals surface area (Å²) in [5, 5.41) is 0. The first-order valence-corrected chi connectivity index (χ1v) is 5.73. The summed E-state index contributed by atoms with van der Waals surface area (Å²) < 4.78 is 9.92. The minimum absolute atomic E-state index is 0.132. The molecule has 0 fully saturated rings. The molecule has 0 saturated heterocycles. The quantitative estimate of drug-likeness (QED) is 0.606. The summed E-state index contributed by atoms with van der Waals surface area (Å²) >= 11 is 0. The second-order valence-electron chi connectivity index (χ2n) is 3.77. The van der Waals surface area contributed by atoms with Crippen molar-refractivity contribution >= 4 is 11.8 Å². The summed E-state index contributed by atoms with van der Waals surface area (Å²) in [6.07, 6.45) is 0. The molecule has 2 N–H and O–H groups in total. The largest absolute Gasteiger partial charge is 0.482 e. The highest BCUT2D eigenvalue weighted by Crippen LogP contribution is 2.13. The number of rotatable bonds is 6. The molecule has 0 spiro atoms. The molecule has 0 unspecified atom stereocenters. The summed E-state index contributed by atoms with van der Waals surface area (Å²) in [6, 6.07) is 5.94. The minimum Gasteiger partial charge on any atom is -0.482 e. The van der Waals surface area contributed by atoms with E-state index in [1.165, 1.54) is 0 Å². The highest BCUT2D eigenvalue weighted by molar-refractivity contribution is 5.99. The lowest BCUT2D eigenvalue weighted by atomic mass is 10.1. The summed E-state index contributed by atoms with van der Waals surface area (Å²) in [5.41, 5.74) is 6.02. The number of hydrogen-bond acceptors (Lipinski definition) is 5. The molecule has 1 aromatic rings. The van der Waals surface area contributed by atoms with Gasteiger partial charge in [-0.15, -0.1) is 0 Å². The van der Waals surface area contributed by atoms with Gasteiger partial charge in [0, 0.05) is 5.56 Å². The molecule has 98 valence electrons. The fraction of sp³-hybridized carbons (Fsp3) is 0.385. The van der Waals surface area contributed by atoms with Gasteiger partial charge < -0.3 is 15.2 Å². The molecule has 0 aliphatic heterocycles. The van der Waals surface area contributed by atoms with E-state index in [2.05, 4.69) is 0 Å². The van der Waals surface area contributed by atoms with Crippen LogP contribution in [0, 0.1) is 0 Å². The molecule has 0 saturated carbocycles. The summed E-state index contributed by atoms with van der Waals surface area (Å²) in [7, 11) is 0. The highest BCUT2D eigenvalue weighted by atomic mass is 16.6. The second-order valence-corrected chi connectivity index (χ2v) is 3.77. The average molecular weight is 251 g/mol. The van der Waals surface area contributed by atoms with Gasteiger partial charge in [0.2, 0.25) is 0 Å². The summed E-state index contributed by atoms with van der Waals surface area (Å²) in [4.78, 5) is 22.6. The predicted molar refractivity (Wildman–Crippen MR) is 66.5 cm³/mol. The van der Waals surface area contributed by atoms with E-state index in [0.717, 1.165) is 0 Å². The van der Waals surface area contributed by atoms with Gasteiger partial charge in [0.25, 0.3) is 0 Å². The van der Waals surface area contributed by atoms with Crippen molar-refractivity contribution in [2.75, 3.05) is 13.2 Å². The van der Waals surface area contributed by atoms with Crippen LogP contribution in [0.15, 0.2) is 24.3 Å². The molecule has 5 heteroatoms. The lowest BCUT2D eigenvalue weighted by Gasteiger charge is -2.07. The van der Waals surface area contributed by atoms with Crippen LogP contribution in [0.5, 0.6) is 5.75 Å². The second kappa shape index (κ2) is 6.76. The van der Waals surface area contributed by atoms with Gasteiger partial charge in [-0.05, 0) is 38.1 Å². The van der Waals surface area contributed by atoms with Gasteiger partial charge in [-0.1, -0.05) is 0 Å². The average Bonchev–Trinajstić information content (AvgIpc) is 2.36. The fourth-order valence-electron chi connectivity index (χ4n) is 1.32. The van der Waals surface area contributed by atoms with Gasteiger partial charge in [-0.3, -0.25) is 4.79 Å².